The molecule has 0 bridgehead atoms. The highest BCUT2D eigenvalue weighted by Crippen LogP contribution is 2.15. The lowest BCUT2D eigenvalue weighted by Gasteiger charge is -2.18. The number of aryl methyl sites for hydroxylation is 1. The predicted octanol–water partition coefficient (Wildman–Crippen LogP) is 1.88. The number of hydrogen-bond acceptors (Lipinski definition) is 4. The lowest BCUT2D eigenvalue weighted by atomic mass is 10.2. The average molecular weight is 260 g/mol. The minimum atomic E-state index is -0.0748. The molecule has 0 spiro atoms. The van der Waals surface area contributed by atoms with Gasteiger partial charge in [0.2, 0.25) is 0 Å². The number of nitrogens with one attached hydrogen (secondary N) is 1. The van der Waals surface area contributed by atoms with E-state index in [1.165, 1.54) is 0 Å². The number of nitrogens with two attached hydrogens (primary N) is 1. The van der Waals surface area contributed by atoms with Gasteiger partial charge < -0.3 is 4.74 Å². The maximum atomic E-state index is 5.73. The fourth-order valence-electron chi connectivity index (χ4n) is 1.95. The minimum absolute atomic E-state index is 0.0748. The van der Waals surface area contributed by atoms with Crippen molar-refractivity contribution in [3.63, 3.8) is 0 Å². The molecular formula is C14H20N4O. The summed E-state index contributed by atoms with van der Waals surface area (Å²) in [4.78, 5) is 0. The van der Waals surface area contributed by atoms with E-state index in [9.17, 15) is 0 Å². The van der Waals surface area contributed by atoms with E-state index < -0.39 is 0 Å². The van der Waals surface area contributed by atoms with Crippen LogP contribution in [0.25, 0.3) is 0 Å². The zero-order valence-corrected chi connectivity index (χ0v) is 11.1. The molecule has 3 N–H and O–H groups in total. The molecule has 0 aliphatic rings. The molecule has 1 atom stereocenters. The van der Waals surface area contributed by atoms with Crippen molar-refractivity contribution in [3.05, 3.63) is 48.3 Å². The molecule has 0 saturated carbocycles. The maximum absolute atomic E-state index is 5.73. The lowest BCUT2D eigenvalue weighted by Crippen LogP contribution is -2.34. The number of hydrogen-bond donors (Lipinski definition) is 2. The Morgan fingerprint density at radius 2 is 2.11 bits per heavy atom. The number of aromatic nitrogens is 2. The number of hydrazine groups is 1. The van der Waals surface area contributed by atoms with E-state index in [1.807, 2.05) is 41.1 Å². The largest absolute Gasteiger partial charge is 0.491 e. The Hall–Kier alpha value is -1.85. The quantitative estimate of drug-likeness (QED) is 0.589. The first kappa shape index (κ1) is 13.6. The molecule has 5 heteroatoms. The van der Waals surface area contributed by atoms with E-state index in [4.69, 9.17) is 10.6 Å². The Kier molecular flexibility index (Phi) is 4.94. The first-order valence-corrected chi connectivity index (χ1v) is 6.50. The normalized spacial score (nSPS) is 12.3. The van der Waals surface area contributed by atoms with Gasteiger partial charge in [-0.15, -0.1) is 0 Å². The van der Waals surface area contributed by atoms with Crippen molar-refractivity contribution in [1.29, 1.82) is 0 Å². The predicted molar refractivity (Wildman–Crippen MR) is 74.5 cm³/mol. The lowest BCUT2D eigenvalue weighted by molar-refractivity contribution is 0.259. The molecule has 102 valence electrons. The molecule has 19 heavy (non-hydrogen) atoms. The molecule has 1 heterocycles. The summed E-state index contributed by atoms with van der Waals surface area (Å²) < 4.78 is 7.69. The van der Waals surface area contributed by atoms with Crippen LogP contribution in [0.5, 0.6) is 5.75 Å². The molecule has 2 aromatic rings. The number of para-hydroxylation sites is 1. The van der Waals surface area contributed by atoms with E-state index in [1.54, 1.807) is 6.20 Å². The fraction of sp³-hybridized carbons (Fsp3) is 0.357. The Balaban J connectivity index is 2.01. The zero-order chi connectivity index (χ0) is 13.5. The number of ether oxygens (including phenoxy) is 1. The highest BCUT2D eigenvalue weighted by atomic mass is 16.5. The molecule has 1 aromatic heterocycles. The molecule has 1 aromatic carbocycles. The van der Waals surface area contributed by atoms with Crippen LogP contribution in [0, 0.1) is 0 Å². The van der Waals surface area contributed by atoms with Crippen molar-refractivity contribution < 1.29 is 4.74 Å². The fourth-order valence-corrected chi connectivity index (χ4v) is 1.95. The van der Waals surface area contributed by atoms with Gasteiger partial charge in [0, 0.05) is 12.7 Å². The summed E-state index contributed by atoms with van der Waals surface area (Å²) in [6.07, 6.45) is 2.82. The second-order valence-corrected chi connectivity index (χ2v) is 4.32. The van der Waals surface area contributed by atoms with E-state index in [2.05, 4.69) is 17.4 Å². The van der Waals surface area contributed by atoms with Gasteiger partial charge in [0.25, 0.3) is 0 Å². The van der Waals surface area contributed by atoms with Crippen LogP contribution in [0.1, 0.15) is 25.1 Å². The minimum Gasteiger partial charge on any atom is -0.491 e. The van der Waals surface area contributed by atoms with Gasteiger partial charge in [-0.05, 0) is 24.6 Å². The van der Waals surface area contributed by atoms with Crippen molar-refractivity contribution in [1.82, 2.24) is 15.2 Å². The van der Waals surface area contributed by atoms with Crippen LogP contribution < -0.4 is 16.0 Å². The van der Waals surface area contributed by atoms with Gasteiger partial charge in [-0.1, -0.05) is 25.1 Å². The van der Waals surface area contributed by atoms with Gasteiger partial charge in [-0.3, -0.25) is 10.5 Å². The van der Waals surface area contributed by atoms with Crippen LogP contribution in [0.4, 0.5) is 0 Å². The van der Waals surface area contributed by atoms with Crippen LogP contribution in [-0.2, 0) is 6.54 Å². The molecule has 0 amide bonds. The van der Waals surface area contributed by atoms with Crippen molar-refractivity contribution in [2.45, 2.75) is 25.9 Å². The number of nitrogens with zero attached hydrogens (tertiary/aromatic N) is 2. The Morgan fingerprint density at radius 3 is 2.79 bits per heavy atom. The van der Waals surface area contributed by atoms with Crippen LogP contribution in [0.2, 0.25) is 0 Å². The van der Waals surface area contributed by atoms with Gasteiger partial charge in [0.15, 0.2) is 0 Å². The Labute approximate surface area is 113 Å². The second-order valence-electron chi connectivity index (χ2n) is 4.32. The van der Waals surface area contributed by atoms with Crippen LogP contribution in [0.15, 0.2) is 42.6 Å². The standard InChI is InChI=1S/C14H20N4O/c1-2-10-18-14(8-9-16-18)13(17-15)11-19-12-6-4-3-5-7-12/h3-9,13,17H,2,10-11,15H2,1H3. The highest BCUT2D eigenvalue weighted by molar-refractivity contribution is 5.21. The van der Waals surface area contributed by atoms with E-state index in [-0.39, 0.29) is 6.04 Å². The molecule has 5 nitrogen and oxygen atoms in total. The molecular weight excluding hydrogens is 240 g/mol. The Morgan fingerprint density at radius 1 is 1.32 bits per heavy atom. The summed E-state index contributed by atoms with van der Waals surface area (Å²) in [5, 5.41) is 4.30. The number of rotatable bonds is 7. The first-order valence-electron chi connectivity index (χ1n) is 6.50. The summed E-state index contributed by atoms with van der Waals surface area (Å²) in [5.41, 5.74) is 3.83. The van der Waals surface area contributed by atoms with E-state index in [0.717, 1.165) is 24.4 Å². The van der Waals surface area contributed by atoms with Gasteiger partial charge in [-0.25, -0.2) is 5.43 Å². The molecule has 0 fully saturated rings. The monoisotopic (exact) mass is 260 g/mol. The topological polar surface area (TPSA) is 65.1 Å². The van der Waals surface area contributed by atoms with E-state index in [0.29, 0.717) is 6.61 Å². The van der Waals surface area contributed by atoms with Gasteiger partial charge in [-0.2, -0.15) is 5.10 Å². The molecule has 0 radical (unpaired) electrons. The summed E-state index contributed by atoms with van der Waals surface area (Å²) in [6.45, 7) is 3.47. The third-order valence-electron chi connectivity index (χ3n) is 2.90. The Bertz CT molecular complexity index is 483. The molecule has 0 aliphatic heterocycles. The third kappa shape index (κ3) is 3.56. The molecule has 1 unspecified atom stereocenters. The molecule has 0 aliphatic carbocycles. The van der Waals surface area contributed by atoms with Gasteiger partial charge >= 0.3 is 0 Å². The third-order valence-corrected chi connectivity index (χ3v) is 2.90. The highest BCUT2D eigenvalue weighted by Gasteiger charge is 2.15. The number of benzene rings is 1. The summed E-state index contributed by atoms with van der Waals surface area (Å²) in [5.74, 6) is 6.46. The average Bonchev–Trinajstić information content (AvgIpc) is 2.90. The van der Waals surface area contributed by atoms with Crippen molar-refractivity contribution >= 4 is 0 Å². The smallest absolute Gasteiger partial charge is 0.119 e. The van der Waals surface area contributed by atoms with Gasteiger partial charge in [0.05, 0.1) is 11.7 Å². The molecule has 2 rings (SSSR count). The summed E-state index contributed by atoms with van der Waals surface area (Å²) in [7, 11) is 0. The van der Waals surface area contributed by atoms with Crippen molar-refractivity contribution in [2.75, 3.05) is 6.61 Å². The van der Waals surface area contributed by atoms with Crippen molar-refractivity contribution in [2.24, 2.45) is 5.84 Å². The van der Waals surface area contributed by atoms with Crippen LogP contribution in [0.3, 0.4) is 0 Å². The molecule has 0 saturated heterocycles. The first-order chi connectivity index (χ1) is 9.35. The SMILES string of the molecule is CCCn1nccc1C(COc1ccccc1)NN. The van der Waals surface area contributed by atoms with Crippen LogP contribution in [-0.4, -0.2) is 16.4 Å². The van der Waals surface area contributed by atoms with Crippen molar-refractivity contribution in [3.8, 4) is 5.75 Å². The van der Waals surface area contributed by atoms with Crippen LogP contribution >= 0.6 is 0 Å². The van der Waals surface area contributed by atoms with E-state index >= 15 is 0 Å². The summed E-state index contributed by atoms with van der Waals surface area (Å²) >= 11 is 0. The maximum Gasteiger partial charge on any atom is 0.119 e. The second kappa shape index (κ2) is 6.92. The summed E-state index contributed by atoms with van der Waals surface area (Å²) in [6, 6.07) is 11.6. The van der Waals surface area contributed by atoms with Gasteiger partial charge in [0.1, 0.15) is 12.4 Å². The zero-order valence-electron chi connectivity index (χ0n) is 11.1.